The van der Waals surface area contributed by atoms with E-state index in [-0.39, 0.29) is 24.4 Å². The molecule has 0 radical (unpaired) electrons. The van der Waals surface area contributed by atoms with Crippen LogP contribution in [0.15, 0.2) is 42.5 Å². The molecule has 2 aromatic rings. The summed E-state index contributed by atoms with van der Waals surface area (Å²) in [6, 6.07) is 14.2. The number of hydrogen-bond donors (Lipinski definition) is 1. The quantitative estimate of drug-likeness (QED) is 0.927. The lowest BCUT2D eigenvalue weighted by atomic mass is 10.0. The Morgan fingerprint density at radius 1 is 1.24 bits per heavy atom. The molecule has 1 aliphatic rings. The van der Waals surface area contributed by atoms with Crippen molar-refractivity contribution >= 4 is 29.1 Å². The van der Waals surface area contributed by atoms with Crippen LogP contribution in [0.25, 0.3) is 10.8 Å². The van der Waals surface area contributed by atoms with Crippen molar-refractivity contribution in [1.29, 1.82) is 0 Å². The highest BCUT2D eigenvalue weighted by molar-refractivity contribution is 5.98. The number of likely N-dealkylation sites (tertiary alicyclic amines) is 1. The van der Waals surface area contributed by atoms with Crippen LogP contribution in [0.4, 0.5) is 0 Å². The fourth-order valence-electron chi connectivity index (χ4n) is 2.91. The van der Waals surface area contributed by atoms with E-state index in [0.717, 1.165) is 30.5 Å². The highest BCUT2D eigenvalue weighted by Gasteiger charge is 2.28. The lowest BCUT2D eigenvalue weighted by molar-refractivity contribution is 0.0786. The van der Waals surface area contributed by atoms with Crippen molar-refractivity contribution in [1.82, 2.24) is 4.90 Å². The van der Waals surface area contributed by atoms with E-state index in [1.807, 2.05) is 48.2 Å². The SMILES string of the molecule is CC(N)C1CCN(C(=O)c2ccc3ccccc3c2)C1.Cl. The first-order valence-electron chi connectivity index (χ1n) is 7.19. The molecule has 2 aromatic carbocycles. The van der Waals surface area contributed by atoms with Crippen LogP contribution in [-0.4, -0.2) is 29.9 Å². The van der Waals surface area contributed by atoms with Crippen LogP contribution in [0.3, 0.4) is 0 Å². The molecule has 112 valence electrons. The molecular formula is C17H21ClN2O. The topological polar surface area (TPSA) is 46.3 Å². The number of hydrogen-bond acceptors (Lipinski definition) is 2. The number of nitrogens with two attached hydrogens (primary N) is 1. The van der Waals surface area contributed by atoms with Crippen molar-refractivity contribution in [2.75, 3.05) is 13.1 Å². The van der Waals surface area contributed by atoms with Crippen molar-refractivity contribution in [3.63, 3.8) is 0 Å². The second kappa shape index (κ2) is 6.46. The van der Waals surface area contributed by atoms with Crippen LogP contribution in [0.1, 0.15) is 23.7 Å². The molecule has 1 fully saturated rings. The molecule has 1 aliphatic heterocycles. The summed E-state index contributed by atoms with van der Waals surface area (Å²) in [4.78, 5) is 14.5. The second-order valence-corrected chi connectivity index (χ2v) is 5.72. The second-order valence-electron chi connectivity index (χ2n) is 5.72. The Kier molecular flexibility index (Phi) is 4.86. The maximum absolute atomic E-state index is 12.5. The molecule has 3 nitrogen and oxygen atoms in total. The third kappa shape index (κ3) is 3.20. The number of benzene rings is 2. The van der Waals surface area contributed by atoms with E-state index in [2.05, 4.69) is 6.07 Å². The first-order valence-corrected chi connectivity index (χ1v) is 7.19. The van der Waals surface area contributed by atoms with Gasteiger partial charge in [-0.25, -0.2) is 0 Å². The lowest BCUT2D eigenvalue weighted by Crippen LogP contribution is -2.32. The van der Waals surface area contributed by atoms with Gasteiger partial charge in [-0.15, -0.1) is 12.4 Å². The van der Waals surface area contributed by atoms with E-state index in [9.17, 15) is 4.79 Å². The predicted octanol–water partition coefficient (Wildman–Crippen LogP) is 3.07. The average molecular weight is 305 g/mol. The van der Waals surface area contributed by atoms with Gasteiger partial charge in [-0.1, -0.05) is 30.3 Å². The maximum atomic E-state index is 12.5. The van der Waals surface area contributed by atoms with Gasteiger partial charge in [-0.2, -0.15) is 0 Å². The highest BCUT2D eigenvalue weighted by Crippen LogP contribution is 2.22. The fourth-order valence-corrected chi connectivity index (χ4v) is 2.91. The van der Waals surface area contributed by atoms with Crippen LogP contribution in [0, 0.1) is 5.92 Å². The van der Waals surface area contributed by atoms with E-state index < -0.39 is 0 Å². The van der Waals surface area contributed by atoms with E-state index in [1.165, 1.54) is 5.39 Å². The van der Waals surface area contributed by atoms with Gasteiger partial charge < -0.3 is 10.6 Å². The fraction of sp³-hybridized carbons (Fsp3) is 0.353. The van der Waals surface area contributed by atoms with E-state index in [4.69, 9.17) is 5.73 Å². The van der Waals surface area contributed by atoms with Gasteiger partial charge in [0.2, 0.25) is 0 Å². The van der Waals surface area contributed by atoms with Crippen molar-refractivity contribution < 1.29 is 4.79 Å². The molecule has 21 heavy (non-hydrogen) atoms. The zero-order chi connectivity index (χ0) is 14.1. The van der Waals surface area contributed by atoms with Gasteiger partial charge >= 0.3 is 0 Å². The number of fused-ring (bicyclic) bond motifs is 1. The number of nitrogens with zero attached hydrogens (tertiary/aromatic N) is 1. The number of carbonyl (C=O) groups excluding carboxylic acids is 1. The molecule has 0 aliphatic carbocycles. The Hall–Kier alpha value is -1.58. The largest absolute Gasteiger partial charge is 0.338 e. The summed E-state index contributed by atoms with van der Waals surface area (Å²) >= 11 is 0. The minimum Gasteiger partial charge on any atom is -0.338 e. The van der Waals surface area contributed by atoms with Crippen LogP contribution < -0.4 is 5.73 Å². The summed E-state index contributed by atoms with van der Waals surface area (Å²) in [5.74, 6) is 0.554. The van der Waals surface area contributed by atoms with E-state index in [0.29, 0.717) is 5.92 Å². The van der Waals surface area contributed by atoms with Gasteiger partial charge in [0.1, 0.15) is 0 Å². The summed E-state index contributed by atoms with van der Waals surface area (Å²) in [6.07, 6.45) is 1.01. The Morgan fingerprint density at radius 3 is 2.62 bits per heavy atom. The molecular weight excluding hydrogens is 284 g/mol. The molecule has 1 amide bonds. The van der Waals surface area contributed by atoms with E-state index >= 15 is 0 Å². The first-order chi connectivity index (χ1) is 9.65. The van der Waals surface area contributed by atoms with Crippen LogP contribution in [0.5, 0.6) is 0 Å². The van der Waals surface area contributed by atoms with Crippen molar-refractivity contribution in [2.45, 2.75) is 19.4 Å². The Bertz CT molecular complexity index is 641. The highest BCUT2D eigenvalue weighted by atomic mass is 35.5. The van der Waals surface area contributed by atoms with Gasteiger partial charge in [0, 0.05) is 24.7 Å². The van der Waals surface area contributed by atoms with Gasteiger partial charge in [-0.3, -0.25) is 4.79 Å². The van der Waals surface area contributed by atoms with Crippen molar-refractivity contribution in [3.05, 3.63) is 48.0 Å². The molecule has 2 unspecified atom stereocenters. The third-order valence-electron chi connectivity index (χ3n) is 4.25. The van der Waals surface area contributed by atoms with Gasteiger partial charge in [0.05, 0.1) is 0 Å². The summed E-state index contributed by atoms with van der Waals surface area (Å²) in [7, 11) is 0. The standard InChI is InChI=1S/C17H20N2O.ClH/c1-12(18)16-8-9-19(11-16)17(20)15-7-6-13-4-2-3-5-14(13)10-15;/h2-7,10,12,16H,8-9,11,18H2,1H3;1H. The van der Waals surface area contributed by atoms with Crippen LogP contribution >= 0.6 is 12.4 Å². The number of rotatable bonds is 2. The van der Waals surface area contributed by atoms with Gasteiger partial charge in [0.25, 0.3) is 5.91 Å². The number of carbonyl (C=O) groups is 1. The normalized spacial score (nSPS) is 19.3. The van der Waals surface area contributed by atoms with Crippen molar-refractivity contribution in [2.24, 2.45) is 11.7 Å². The average Bonchev–Trinajstić information content (AvgIpc) is 2.96. The molecule has 0 saturated carbocycles. The molecule has 1 heterocycles. The smallest absolute Gasteiger partial charge is 0.253 e. The third-order valence-corrected chi connectivity index (χ3v) is 4.25. The summed E-state index contributed by atoms with van der Waals surface area (Å²) < 4.78 is 0. The molecule has 0 bridgehead atoms. The molecule has 0 aromatic heterocycles. The number of amides is 1. The predicted molar refractivity (Wildman–Crippen MR) is 88.9 cm³/mol. The van der Waals surface area contributed by atoms with Gasteiger partial charge in [-0.05, 0) is 42.2 Å². The summed E-state index contributed by atoms with van der Waals surface area (Å²) in [5, 5.41) is 2.28. The number of halogens is 1. The van der Waals surface area contributed by atoms with Crippen LogP contribution in [-0.2, 0) is 0 Å². The summed E-state index contributed by atoms with van der Waals surface area (Å²) in [5.41, 5.74) is 6.71. The Balaban J connectivity index is 0.00000161. The first kappa shape index (κ1) is 15.8. The van der Waals surface area contributed by atoms with Crippen LogP contribution in [0.2, 0.25) is 0 Å². The summed E-state index contributed by atoms with van der Waals surface area (Å²) in [6.45, 7) is 3.62. The maximum Gasteiger partial charge on any atom is 0.253 e. The van der Waals surface area contributed by atoms with E-state index in [1.54, 1.807) is 0 Å². The molecule has 4 heteroatoms. The minimum absolute atomic E-state index is 0. The minimum atomic E-state index is 0. The van der Waals surface area contributed by atoms with Gasteiger partial charge in [0.15, 0.2) is 0 Å². The molecule has 1 saturated heterocycles. The zero-order valence-electron chi connectivity index (χ0n) is 12.2. The lowest BCUT2D eigenvalue weighted by Gasteiger charge is -2.18. The molecule has 2 atom stereocenters. The molecule has 3 rings (SSSR count). The monoisotopic (exact) mass is 304 g/mol. The van der Waals surface area contributed by atoms with Crippen molar-refractivity contribution in [3.8, 4) is 0 Å². The Morgan fingerprint density at radius 2 is 1.95 bits per heavy atom. The molecule has 2 N–H and O–H groups in total. The molecule has 0 spiro atoms. The Labute approximate surface area is 131 Å². The zero-order valence-corrected chi connectivity index (χ0v) is 13.0.